The molecule has 0 radical (unpaired) electrons. The van der Waals surface area contributed by atoms with Crippen LogP contribution in [0, 0.1) is 10.1 Å². The van der Waals surface area contributed by atoms with Crippen LogP contribution in [0.3, 0.4) is 0 Å². The van der Waals surface area contributed by atoms with Crippen molar-refractivity contribution in [3.8, 4) is 0 Å². The molecule has 1 atom stereocenters. The first-order valence-corrected chi connectivity index (χ1v) is 6.53. The summed E-state index contributed by atoms with van der Waals surface area (Å²) in [6.45, 7) is 0. The molecule has 7 heteroatoms. The largest absolute Gasteiger partial charge is 0.466 e. The van der Waals surface area contributed by atoms with Crippen molar-refractivity contribution in [2.75, 3.05) is 13.4 Å². The first-order valence-electron chi connectivity index (χ1n) is 5.24. The zero-order chi connectivity index (χ0) is 14.4. The van der Waals surface area contributed by atoms with Crippen LogP contribution >= 0.6 is 11.8 Å². The first kappa shape index (κ1) is 15.2. The van der Waals surface area contributed by atoms with Gasteiger partial charge in [0, 0.05) is 12.1 Å². The smallest absolute Gasteiger partial charge is 0.337 e. The van der Waals surface area contributed by atoms with Crippen molar-refractivity contribution in [1.29, 1.82) is 0 Å². The van der Waals surface area contributed by atoms with Gasteiger partial charge in [-0.05, 0) is 29.4 Å². The molecule has 1 rings (SSSR count). The molecule has 6 nitrogen and oxygen atoms in total. The second-order valence-electron chi connectivity index (χ2n) is 3.55. The Hall–Kier alpha value is -1.86. The number of hydrogen-bond donors (Lipinski definition) is 1. The Morgan fingerprint density at radius 2 is 2.05 bits per heavy atom. The molecule has 0 unspecified atom stereocenters. The Morgan fingerprint density at radius 1 is 1.47 bits per heavy atom. The lowest BCUT2D eigenvalue weighted by atomic mass is 10.0. The average Bonchev–Trinajstić information content (AvgIpc) is 2.43. The molecule has 0 heterocycles. The number of thioether (sulfide) groups is 1. The molecule has 1 aromatic carbocycles. The molecule has 102 valence electrons. The molecule has 0 aromatic heterocycles. The van der Waals surface area contributed by atoms with Crippen molar-refractivity contribution in [2.45, 2.75) is 6.10 Å². The maximum absolute atomic E-state index is 11.5. The van der Waals surface area contributed by atoms with Crippen molar-refractivity contribution in [3.63, 3.8) is 0 Å². The van der Waals surface area contributed by atoms with E-state index in [1.807, 2.05) is 0 Å². The van der Waals surface area contributed by atoms with Gasteiger partial charge in [0.2, 0.25) is 0 Å². The number of aliphatic hydroxyl groups is 1. The summed E-state index contributed by atoms with van der Waals surface area (Å²) in [6.07, 6.45) is 0.562. The molecular formula is C12H13NO5S. The number of carbonyl (C=O) groups is 1. The summed E-state index contributed by atoms with van der Waals surface area (Å²) in [6, 6.07) is 5.35. The average molecular weight is 283 g/mol. The zero-order valence-corrected chi connectivity index (χ0v) is 11.2. The highest BCUT2D eigenvalue weighted by molar-refractivity contribution is 8.01. The molecule has 0 amide bonds. The van der Waals surface area contributed by atoms with Gasteiger partial charge < -0.3 is 9.84 Å². The maximum Gasteiger partial charge on any atom is 0.337 e. The number of hydrogen-bond acceptors (Lipinski definition) is 6. The SMILES string of the molecule is COC(=O)/C(=C\SC)[C@H](O)c1ccc([N+](=O)[O-])cc1. The summed E-state index contributed by atoms with van der Waals surface area (Å²) in [7, 11) is 1.22. The van der Waals surface area contributed by atoms with Crippen LogP contribution in [0.4, 0.5) is 5.69 Å². The molecule has 0 aliphatic rings. The number of non-ortho nitro benzene ring substituents is 1. The van der Waals surface area contributed by atoms with Crippen LogP contribution in [0.5, 0.6) is 0 Å². The molecule has 0 aliphatic heterocycles. The molecular weight excluding hydrogens is 270 g/mol. The molecule has 0 saturated carbocycles. The molecule has 0 saturated heterocycles. The number of esters is 1. The summed E-state index contributed by atoms with van der Waals surface area (Å²) >= 11 is 1.25. The topological polar surface area (TPSA) is 89.7 Å². The third-order valence-electron chi connectivity index (χ3n) is 2.38. The van der Waals surface area contributed by atoms with E-state index in [-0.39, 0.29) is 11.3 Å². The van der Waals surface area contributed by atoms with Gasteiger partial charge in [-0.25, -0.2) is 4.79 Å². The summed E-state index contributed by atoms with van der Waals surface area (Å²) < 4.78 is 4.58. The van der Waals surface area contributed by atoms with Crippen molar-refractivity contribution in [1.82, 2.24) is 0 Å². The fourth-order valence-electron chi connectivity index (χ4n) is 1.43. The molecule has 0 aliphatic carbocycles. The van der Waals surface area contributed by atoms with E-state index < -0.39 is 17.0 Å². The third-order valence-corrected chi connectivity index (χ3v) is 2.87. The monoisotopic (exact) mass is 283 g/mol. The predicted molar refractivity (Wildman–Crippen MR) is 71.7 cm³/mol. The van der Waals surface area contributed by atoms with E-state index in [9.17, 15) is 20.0 Å². The quantitative estimate of drug-likeness (QED) is 0.385. The Kier molecular flexibility index (Phi) is 5.53. The summed E-state index contributed by atoms with van der Waals surface area (Å²) in [5, 5.41) is 22.1. The van der Waals surface area contributed by atoms with Gasteiger partial charge in [-0.2, -0.15) is 0 Å². The lowest BCUT2D eigenvalue weighted by Gasteiger charge is -2.13. The van der Waals surface area contributed by atoms with Crippen LogP contribution < -0.4 is 0 Å². The minimum Gasteiger partial charge on any atom is -0.466 e. The van der Waals surface area contributed by atoms with Gasteiger partial charge >= 0.3 is 5.97 Å². The molecule has 1 aromatic rings. The number of nitro benzene ring substituents is 1. The van der Waals surface area contributed by atoms with Crippen LogP contribution in [0.15, 0.2) is 35.2 Å². The zero-order valence-electron chi connectivity index (χ0n) is 10.4. The lowest BCUT2D eigenvalue weighted by molar-refractivity contribution is -0.384. The van der Waals surface area contributed by atoms with Gasteiger partial charge in [-0.15, -0.1) is 11.8 Å². The van der Waals surface area contributed by atoms with Gasteiger partial charge in [-0.3, -0.25) is 10.1 Å². The minimum atomic E-state index is -1.18. The Labute approximate surface area is 114 Å². The van der Waals surface area contributed by atoms with Crippen molar-refractivity contribution in [2.24, 2.45) is 0 Å². The minimum absolute atomic E-state index is 0.0792. The Bertz CT molecular complexity index is 497. The van der Waals surface area contributed by atoms with E-state index >= 15 is 0 Å². The van der Waals surface area contributed by atoms with Crippen LogP contribution in [-0.2, 0) is 9.53 Å². The van der Waals surface area contributed by atoms with E-state index in [4.69, 9.17) is 0 Å². The number of carbonyl (C=O) groups excluding carboxylic acids is 1. The highest BCUT2D eigenvalue weighted by atomic mass is 32.2. The predicted octanol–water partition coefficient (Wildman–Crippen LogP) is 2.05. The standard InChI is InChI=1S/C12H13NO5S/c1-18-12(15)10(7-19-2)11(14)8-3-5-9(6-4-8)13(16)17/h3-7,11,14H,1-2H3/b10-7-/t11-/m1/s1. The molecule has 1 N–H and O–H groups in total. The number of nitrogens with zero attached hydrogens (tertiary/aromatic N) is 1. The summed E-state index contributed by atoms with van der Waals surface area (Å²) in [4.78, 5) is 21.5. The highest BCUT2D eigenvalue weighted by Gasteiger charge is 2.21. The maximum atomic E-state index is 11.5. The molecule has 0 spiro atoms. The third kappa shape index (κ3) is 3.80. The fraction of sp³-hybridized carbons (Fsp3) is 0.250. The number of benzene rings is 1. The normalized spacial score (nSPS) is 12.9. The number of rotatable bonds is 5. The lowest BCUT2D eigenvalue weighted by Crippen LogP contribution is -2.13. The van der Waals surface area contributed by atoms with Crippen molar-refractivity contribution in [3.05, 3.63) is 50.9 Å². The van der Waals surface area contributed by atoms with Gasteiger partial charge in [0.05, 0.1) is 17.6 Å². The highest BCUT2D eigenvalue weighted by Crippen LogP contribution is 2.26. The molecule has 19 heavy (non-hydrogen) atoms. The second-order valence-corrected chi connectivity index (χ2v) is 4.26. The van der Waals surface area contributed by atoms with Gasteiger partial charge in [-0.1, -0.05) is 0 Å². The van der Waals surface area contributed by atoms with E-state index in [2.05, 4.69) is 4.74 Å². The van der Waals surface area contributed by atoms with Crippen LogP contribution in [0.2, 0.25) is 0 Å². The Morgan fingerprint density at radius 3 is 2.47 bits per heavy atom. The Balaban J connectivity index is 3.03. The summed E-state index contributed by atoms with van der Waals surface area (Å²) in [5.41, 5.74) is 0.393. The fourth-order valence-corrected chi connectivity index (χ4v) is 1.91. The summed E-state index contributed by atoms with van der Waals surface area (Å²) in [5.74, 6) is -0.639. The van der Waals surface area contributed by atoms with Crippen molar-refractivity contribution >= 4 is 23.4 Å². The number of aliphatic hydroxyl groups excluding tert-OH is 1. The number of methoxy groups -OCH3 is 1. The van der Waals surface area contributed by atoms with Gasteiger partial charge in [0.25, 0.3) is 5.69 Å². The number of ether oxygens (including phenoxy) is 1. The van der Waals surface area contributed by atoms with Gasteiger partial charge in [0.1, 0.15) is 6.10 Å². The van der Waals surface area contributed by atoms with E-state index in [1.165, 1.54) is 48.5 Å². The van der Waals surface area contributed by atoms with E-state index in [0.29, 0.717) is 5.56 Å². The van der Waals surface area contributed by atoms with Crippen molar-refractivity contribution < 1.29 is 19.6 Å². The molecule has 0 bridgehead atoms. The van der Waals surface area contributed by atoms with Crippen LogP contribution in [-0.4, -0.2) is 29.4 Å². The van der Waals surface area contributed by atoms with Gasteiger partial charge in [0.15, 0.2) is 0 Å². The number of nitro groups is 1. The molecule has 0 fully saturated rings. The van der Waals surface area contributed by atoms with E-state index in [0.717, 1.165) is 0 Å². The van der Waals surface area contributed by atoms with Crippen LogP contribution in [0.25, 0.3) is 0 Å². The van der Waals surface area contributed by atoms with E-state index in [1.54, 1.807) is 6.26 Å². The van der Waals surface area contributed by atoms with Crippen LogP contribution in [0.1, 0.15) is 11.7 Å². The second kappa shape index (κ2) is 6.91. The first-order chi connectivity index (χ1) is 9.01.